The number of benzene rings is 2. The predicted molar refractivity (Wildman–Crippen MR) is 119 cm³/mol. The number of fused-ring (bicyclic) bond motifs is 3. The molecule has 0 saturated heterocycles. The molecule has 10 heteroatoms. The lowest BCUT2D eigenvalue weighted by Crippen LogP contribution is -2.32. The number of para-hydroxylation sites is 1. The molecule has 166 valence electrons. The van der Waals surface area contributed by atoms with Gasteiger partial charge in [-0.25, -0.2) is 8.78 Å². The van der Waals surface area contributed by atoms with Crippen LogP contribution in [0.3, 0.4) is 0 Å². The highest BCUT2D eigenvalue weighted by molar-refractivity contribution is 7.98. The van der Waals surface area contributed by atoms with Gasteiger partial charge in [0.05, 0.1) is 10.9 Å². The van der Waals surface area contributed by atoms with E-state index in [0.29, 0.717) is 27.4 Å². The van der Waals surface area contributed by atoms with Gasteiger partial charge in [0, 0.05) is 30.8 Å². The van der Waals surface area contributed by atoms with Gasteiger partial charge in [0.15, 0.2) is 5.16 Å². The van der Waals surface area contributed by atoms with Crippen molar-refractivity contribution in [3.63, 3.8) is 0 Å². The number of aromatic nitrogens is 4. The zero-order valence-corrected chi connectivity index (χ0v) is 18.3. The average Bonchev–Trinajstić information content (AvgIpc) is 3.15. The first-order chi connectivity index (χ1) is 15.3. The van der Waals surface area contributed by atoms with E-state index in [-0.39, 0.29) is 36.2 Å². The van der Waals surface area contributed by atoms with Crippen LogP contribution in [-0.4, -0.2) is 31.1 Å². The molecule has 0 spiro atoms. The Morgan fingerprint density at radius 1 is 1.12 bits per heavy atom. The van der Waals surface area contributed by atoms with Crippen molar-refractivity contribution < 1.29 is 13.6 Å². The van der Waals surface area contributed by atoms with Gasteiger partial charge in [0.25, 0.3) is 5.56 Å². The number of nitrogens with zero attached hydrogens (tertiary/aromatic N) is 4. The van der Waals surface area contributed by atoms with Crippen molar-refractivity contribution in [3.8, 4) is 0 Å². The zero-order valence-electron chi connectivity index (χ0n) is 17.5. The third-order valence-electron chi connectivity index (χ3n) is 4.78. The highest BCUT2D eigenvalue weighted by atomic mass is 32.2. The summed E-state index contributed by atoms with van der Waals surface area (Å²) in [5.74, 6) is -0.893. The van der Waals surface area contributed by atoms with E-state index in [1.165, 1.54) is 28.5 Å². The van der Waals surface area contributed by atoms with Gasteiger partial charge in [0.1, 0.15) is 11.6 Å². The number of aryl methyl sites for hydroxylation is 1. The highest BCUT2D eigenvalue weighted by Crippen LogP contribution is 2.25. The summed E-state index contributed by atoms with van der Waals surface area (Å²) in [4.78, 5) is 25.2. The Labute approximate surface area is 186 Å². The van der Waals surface area contributed by atoms with Gasteiger partial charge in [-0.3, -0.25) is 18.6 Å². The lowest BCUT2D eigenvalue weighted by molar-refractivity contribution is -0.121. The lowest BCUT2D eigenvalue weighted by atomic mass is 10.2. The van der Waals surface area contributed by atoms with Crippen LogP contribution in [0.5, 0.6) is 0 Å². The van der Waals surface area contributed by atoms with Crippen molar-refractivity contribution in [2.24, 2.45) is 0 Å². The van der Waals surface area contributed by atoms with Gasteiger partial charge < -0.3 is 5.32 Å². The molecular formula is C22H21F2N5O2S. The fourth-order valence-corrected chi connectivity index (χ4v) is 4.35. The number of hydrogen-bond donors (Lipinski definition) is 1. The molecule has 7 nitrogen and oxygen atoms in total. The number of rotatable bonds is 7. The molecule has 0 aliphatic rings. The summed E-state index contributed by atoms with van der Waals surface area (Å²) >= 11 is 1.25. The van der Waals surface area contributed by atoms with Crippen LogP contribution in [0, 0.1) is 11.6 Å². The first-order valence-corrected chi connectivity index (χ1v) is 11.1. The summed E-state index contributed by atoms with van der Waals surface area (Å²) in [6.45, 7) is 3.87. The largest absolute Gasteiger partial charge is 0.354 e. The van der Waals surface area contributed by atoms with Crippen molar-refractivity contribution in [3.05, 3.63) is 70.0 Å². The smallest absolute Gasteiger partial charge is 0.262 e. The van der Waals surface area contributed by atoms with Gasteiger partial charge in [0.2, 0.25) is 11.7 Å². The van der Waals surface area contributed by atoms with Gasteiger partial charge in [-0.2, -0.15) is 0 Å². The Balaban J connectivity index is 1.73. The van der Waals surface area contributed by atoms with Crippen molar-refractivity contribution in [2.45, 2.75) is 43.8 Å². The Bertz CT molecular complexity index is 1350. The summed E-state index contributed by atoms with van der Waals surface area (Å²) in [5.41, 5.74) is 0.821. The minimum absolute atomic E-state index is 0.000371. The number of thioether (sulfide) groups is 1. The van der Waals surface area contributed by atoms with E-state index in [1.807, 2.05) is 13.8 Å². The van der Waals surface area contributed by atoms with Crippen LogP contribution in [0.25, 0.3) is 16.7 Å². The first kappa shape index (κ1) is 21.9. The highest BCUT2D eigenvalue weighted by Gasteiger charge is 2.18. The molecular weight excluding hydrogens is 436 g/mol. The maximum atomic E-state index is 13.5. The maximum absolute atomic E-state index is 13.5. The van der Waals surface area contributed by atoms with E-state index in [2.05, 4.69) is 15.5 Å². The number of hydrogen-bond acceptors (Lipinski definition) is 5. The number of carbonyl (C=O) groups is 1. The summed E-state index contributed by atoms with van der Waals surface area (Å²) in [6, 6.07) is 10.4. The fourth-order valence-electron chi connectivity index (χ4n) is 3.48. The molecule has 4 rings (SSSR count). The molecule has 2 aromatic heterocycles. The molecule has 0 unspecified atom stereocenters. The standard InChI is InChI=1S/C22H21F2N5O2S/c1-13(2)25-19(30)7-8-28-20(31)17-5-3-4-6-18(17)29-21(28)26-27-22(29)32-12-14-9-15(23)11-16(24)10-14/h3-6,9-11,13H,7-8,12H2,1-2H3,(H,25,30). The third-order valence-corrected chi connectivity index (χ3v) is 5.78. The molecule has 0 atom stereocenters. The van der Waals surface area contributed by atoms with Gasteiger partial charge in [-0.1, -0.05) is 23.9 Å². The van der Waals surface area contributed by atoms with E-state index in [1.54, 1.807) is 28.7 Å². The van der Waals surface area contributed by atoms with Crippen LogP contribution >= 0.6 is 11.8 Å². The van der Waals surface area contributed by atoms with Gasteiger partial charge >= 0.3 is 0 Å². The molecule has 2 aromatic carbocycles. The van der Waals surface area contributed by atoms with E-state index in [4.69, 9.17) is 0 Å². The molecule has 2 heterocycles. The average molecular weight is 458 g/mol. The zero-order chi connectivity index (χ0) is 22.8. The lowest BCUT2D eigenvalue weighted by Gasteiger charge is -2.12. The van der Waals surface area contributed by atoms with Crippen LogP contribution < -0.4 is 10.9 Å². The molecule has 1 N–H and O–H groups in total. The van der Waals surface area contributed by atoms with Crippen molar-refractivity contribution in [1.29, 1.82) is 0 Å². The van der Waals surface area contributed by atoms with Gasteiger partial charge in [-0.05, 0) is 43.7 Å². The molecule has 32 heavy (non-hydrogen) atoms. The van der Waals surface area contributed by atoms with E-state index in [9.17, 15) is 18.4 Å². The second kappa shape index (κ2) is 9.07. The van der Waals surface area contributed by atoms with E-state index < -0.39 is 11.6 Å². The number of amides is 1. The number of nitrogens with one attached hydrogen (secondary N) is 1. The number of carbonyl (C=O) groups excluding carboxylic acids is 1. The second-order valence-electron chi connectivity index (χ2n) is 7.63. The normalized spacial score (nSPS) is 11.5. The van der Waals surface area contributed by atoms with Crippen molar-refractivity contribution in [1.82, 2.24) is 24.5 Å². The van der Waals surface area contributed by atoms with Gasteiger partial charge in [-0.15, -0.1) is 10.2 Å². The monoisotopic (exact) mass is 457 g/mol. The summed E-state index contributed by atoms with van der Waals surface area (Å²) in [6.07, 6.45) is 0.115. The molecule has 1 amide bonds. The van der Waals surface area contributed by atoms with Crippen molar-refractivity contribution in [2.75, 3.05) is 0 Å². The van der Waals surface area contributed by atoms with E-state index >= 15 is 0 Å². The predicted octanol–water partition coefficient (Wildman–Crippen LogP) is 3.53. The van der Waals surface area contributed by atoms with Crippen LogP contribution in [0.15, 0.2) is 52.4 Å². The van der Waals surface area contributed by atoms with Crippen LogP contribution in [0.4, 0.5) is 8.78 Å². The first-order valence-electron chi connectivity index (χ1n) is 10.1. The summed E-state index contributed by atoms with van der Waals surface area (Å²) in [5, 5.41) is 12.1. The molecule has 0 aliphatic carbocycles. The quantitative estimate of drug-likeness (QED) is 0.430. The minimum atomic E-state index is -0.648. The second-order valence-corrected chi connectivity index (χ2v) is 8.57. The SMILES string of the molecule is CC(C)NC(=O)CCn1c(=O)c2ccccc2n2c(SCc3cc(F)cc(F)c3)nnc12. The molecule has 0 saturated carbocycles. The molecule has 0 fully saturated rings. The van der Waals surface area contributed by atoms with Crippen LogP contribution in [-0.2, 0) is 17.1 Å². The van der Waals surface area contributed by atoms with Crippen LogP contribution in [0.1, 0.15) is 25.8 Å². The minimum Gasteiger partial charge on any atom is -0.354 e. The Hall–Kier alpha value is -3.27. The topological polar surface area (TPSA) is 81.3 Å². The Morgan fingerprint density at radius 3 is 2.56 bits per heavy atom. The third kappa shape index (κ3) is 4.50. The molecule has 0 aliphatic heterocycles. The van der Waals surface area contributed by atoms with E-state index in [0.717, 1.165) is 6.07 Å². The fraction of sp³-hybridized carbons (Fsp3) is 0.273. The van der Waals surface area contributed by atoms with Crippen molar-refractivity contribution >= 4 is 34.3 Å². The molecule has 0 bridgehead atoms. The Morgan fingerprint density at radius 2 is 1.84 bits per heavy atom. The Kier molecular flexibility index (Phi) is 6.22. The number of halogens is 2. The summed E-state index contributed by atoms with van der Waals surface area (Å²) in [7, 11) is 0. The maximum Gasteiger partial charge on any atom is 0.262 e. The summed E-state index contributed by atoms with van der Waals surface area (Å²) < 4.78 is 30.2. The molecule has 4 aromatic rings. The van der Waals surface area contributed by atoms with Crippen LogP contribution in [0.2, 0.25) is 0 Å². The molecule has 0 radical (unpaired) electrons.